The first-order valence-electron chi connectivity index (χ1n) is 6.70. The zero-order valence-electron chi connectivity index (χ0n) is 11.5. The summed E-state index contributed by atoms with van der Waals surface area (Å²) in [6, 6.07) is 13.4. The fourth-order valence-corrected chi connectivity index (χ4v) is 2.35. The van der Waals surface area contributed by atoms with Gasteiger partial charge in [-0.3, -0.25) is 9.78 Å². The van der Waals surface area contributed by atoms with E-state index in [4.69, 9.17) is 11.6 Å². The minimum atomic E-state index is -0.473. The van der Waals surface area contributed by atoms with Gasteiger partial charge in [0.1, 0.15) is 5.82 Å². The third-order valence-corrected chi connectivity index (χ3v) is 3.59. The summed E-state index contributed by atoms with van der Waals surface area (Å²) in [5.74, 6) is -0.676. The highest BCUT2D eigenvalue weighted by molar-refractivity contribution is 6.30. The molecule has 0 spiro atoms. The predicted molar refractivity (Wildman–Crippen MR) is 84.3 cm³/mol. The van der Waals surface area contributed by atoms with E-state index in [1.807, 2.05) is 12.1 Å². The van der Waals surface area contributed by atoms with Crippen molar-refractivity contribution in [2.45, 2.75) is 6.54 Å². The molecule has 0 aliphatic rings. The summed E-state index contributed by atoms with van der Waals surface area (Å²) >= 11 is 5.72. The molecule has 0 saturated heterocycles. The predicted octanol–water partition coefficient (Wildman–Crippen LogP) is 3.96. The van der Waals surface area contributed by atoms with Gasteiger partial charge in [0.25, 0.3) is 5.91 Å². The highest BCUT2D eigenvalue weighted by Gasteiger charge is 2.07. The summed E-state index contributed by atoms with van der Waals surface area (Å²) in [6.07, 6.45) is 1.71. The van der Waals surface area contributed by atoms with Gasteiger partial charge in [0.15, 0.2) is 0 Å². The van der Waals surface area contributed by atoms with Crippen LogP contribution in [-0.2, 0) is 6.54 Å². The van der Waals surface area contributed by atoms with Crippen LogP contribution in [0.2, 0.25) is 5.02 Å². The number of halogens is 2. The summed E-state index contributed by atoms with van der Waals surface area (Å²) in [5, 5.41) is 3.73. The molecule has 0 aliphatic carbocycles. The number of amides is 1. The SMILES string of the molecule is O=C(NCc1ccc(F)c(Cl)c1)c1ccc2ncccc2c1. The lowest BCUT2D eigenvalue weighted by Crippen LogP contribution is -2.22. The van der Waals surface area contributed by atoms with Crippen molar-refractivity contribution in [3.63, 3.8) is 0 Å². The zero-order valence-corrected chi connectivity index (χ0v) is 12.3. The van der Waals surface area contributed by atoms with Crippen LogP contribution in [0.25, 0.3) is 10.9 Å². The van der Waals surface area contributed by atoms with Crippen molar-refractivity contribution in [2.24, 2.45) is 0 Å². The Morgan fingerprint density at radius 2 is 2.05 bits per heavy atom. The van der Waals surface area contributed by atoms with Gasteiger partial charge in [0.2, 0.25) is 0 Å². The van der Waals surface area contributed by atoms with E-state index in [-0.39, 0.29) is 17.5 Å². The van der Waals surface area contributed by atoms with Gasteiger partial charge in [-0.2, -0.15) is 0 Å². The van der Waals surface area contributed by atoms with E-state index >= 15 is 0 Å². The third kappa shape index (κ3) is 3.07. The minimum Gasteiger partial charge on any atom is -0.348 e. The van der Waals surface area contributed by atoms with Gasteiger partial charge in [0, 0.05) is 23.7 Å². The van der Waals surface area contributed by atoms with Crippen molar-refractivity contribution in [1.29, 1.82) is 0 Å². The molecule has 0 atom stereocenters. The Bertz CT molecular complexity index is 851. The molecule has 1 aromatic heterocycles. The molecule has 110 valence electrons. The number of rotatable bonds is 3. The Morgan fingerprint density at radius 3 is 2.86 bits per heavy atom. The second kappa shape index (κ2) is 6.12. The second-order valence-corrected chi connectivity index (χ2v) is 5.25. The standard InChI is InChI=1S/C17H12ClFN2O/c18-14-8-11(3-5-15(14)19)10-21-17(22)13-4-6-16-12(9-13)2-1-7-20-16/h1-9H,10H2,(H,21,22). The van der Waals surface area contributed by atoms with Crippen molar-refractivity contribution in [1.82, 2.24) is 10.3 Å². The van der Waals surface area contributed by atoms with E-state index in [2.05, 4.69) is 10.3 Å². The van der Waals surface area contributed by atoms with Crippen molar-refractivity contribution in [3.8, 4) is 0 Å². The van der Waals surface area contributed by atoms with Crippen LogP contribution >= 0.6 is 11.6 Å². The summed E-state index contributed by atoms with van der Waals surface area (Å²) in [4.78, 5) is 16.4. The zero-order chi connectivity index (χ0) is 15.5. The molecule has 0 unspecified atom stereocenters. The van der Waals surface area contributed by atoms with Gasteiger partial charge in [-0.25, -0.2) is 4.39 Å². The molecular formula is C17H12ClFN2O. The Balaban J connectivity index is 1.74. The maximum absolute atomic E-state index is 13.1. The Hall–Kier alpha value is -2.46. The van der Waals surface area contributed by atoms with Crippen LogP contribution in [0.5, 0.6) is 0 Å². The van der Waals surface area contributed by atoms with Crippen LogP contribution in [0.15, 0.2) is 54.7 Å². The lowest BCUT2D eigenvalue weighted by Gasteiger charge is -2.07. The lowest BCUT2D eigenvalue weighted by atomic mass is 10.1. The van der Waals surface area contributed by atoms with E-state index in [1.165, 1.54) is 12.1 Å². The van der Waals surface area contributed by atoms with Crippen LogP contribution in [0.1, 0.15) is 15.9 Å². The number of hydrogen-bond donors (Lipinski definition) is 1. The minimum absolute atomic E-state index is 0.0449. The van der Waals surface area contributed by atoms with E-state index in [0.29, 0.717) is 5.56 Å². The molecule has 3 nitrogen and oxygen atoms in total. The maximum Gasteiger partial charge on any atom is 0.251 e. The van der Waals surface area contributed by atoms with Gasteiger partial charge in [-0.1, -0.05) is 23.7 Å². The van der Waals surface area contributed by atoms with E-state index < -0.39 is 5.82 Å². The van der Waals surface area contributed by atoms with E-state index in [0.717, 1.165) is 16.5 Å². The highest BCUT2D eigenvalue weighted by Crippen LogP contribution is 2.16. The topological polar surface area (TPSA) is 42.0 Å². The summed E-state index contributed by atoms with van der Waals surface area (Å²) < 4.78 is 13.1. The normalized spacial score (nSPS) is 10.6. The van der Waals surface area contributed by atoms with E-state index in [1.54, 1.807) is 30.5 Å². The molecule has 1 heterocycles. The van der Waals surface area contributed by atoms with Crippen molar-refractivity contribution in [2.75, 3.05) is 0 Å². The first kappa shape index (κ1) is 14.5. The first-order chi connectivity index (χ1) is 10.6. The molecule has 3 aromatic rings. The number of pyridine rings is 1. The molecule has 1 amide bonds. The van der Waals surface area contributed by atoms with Crippen LogP contribution in [0.3, 0.4) is 0 Å². The quantitative estimate of drug-likeness (QED) is 0.795. The Labute approximate surface area is 131 Å². The van der Waals surface area contributed by atoms with Gasteiger partial charge < -0.3 is 5.32 Å². The number of carbonyl (C=O) groups is 1. The molecule has 22 heavy (non-hydrogen) atoms. The van der Waals surface area contributed by atoms with Crippen LogP contribution in [0, 0.1) is 5.82 Å². The Morgan fingerprint density at radius 1 is 1.18 bits per heavy atom. The largest absolute Gasteiger partial charge is 0.348 e. The molecule has 5 heteroatoms. The molecule has 0 bridgehead atoms. The van der Waals surface area contributed by atoms with Crippen LogP contribution in [-0.4, -0.2) is 10.9 Å². The molecule has 0 radical (unpaired) electrons. The number of aromatic nitrogens is 1. The number of nitrogens with zero attached hydrogens (tertiary/aromatic N) is 1. The summed E-state index contributed by atoms with van der Waals surface area (Å²) in [5.41, 5.74) is 2.13. The van der Waals surface area contributed by atoms with Gasteiger partial charge in [-0.15, -0.1) is 0 Å². The molecule has 3 rings (SSSR count). The number of benzene rings is 2. The molecular weight excluding hydrogens is 303 g/mol. The number of nitrogens with one attached hydrogen (secondary N) is 1. The van der Waals surface area contributed by atoms with Crippen molar-refractivity contribution in [3.05, 3.63) is 76.7 Å². The van der Waals surface area contributed by atoms with Gasteiger partial charge in [0.05, 0.1) is 10.5 Å². The smallest absolute Gasteiger partial charge is 0.251 e. The number of fused-ring (bicyclic) bond motifs is 1. The monoisotopic (exact) mass is 314 g/mol. The lowest BCUT2D eigenvalue weighted by molar-refractivity contribution is 0.0951. The van der Waals surface area contributed by atoms with Gasteiger partial charge in [-0.05, 0) is 42.0 Å². The summed E-state index contributed by atoms with van der Waals surface area (Å²) in [7, 11) is 0. The summed E-state index contributed by atoms with van der Waals surface area (Å²) in [6.45, 7) is 0.282. The molecule has 2 aromatic carbocycles. The molecule has 0 saturated carbocycles. The van der Waals surface area contributed by atoms with E-state index in [9.17, 15) is 9.18 Å². The van der Waals surface area contributed by atoms with Crippen LogP contribution < -0.4 is 5.32 Å². The highest BCUT2D eigenvalue weighted by atomic mass is 35.5. The third-order valence-electron chi connectivity index (χ3n) is 3.30. The average molecular weight is 315 g/mol. The maximum atomic E-state index is 13.1. The molecule has 0 aliphatic heterocycles. The molecule has 0 fully saturated rings. The fraction of sp³-hybridized carbons (Fsp3) is 0.0588. The number of hydrogen-bond acceptors (Lipinski definition) is 2. The first-order valence-corrected chi connectivity index (χ1v) is 7.08. The molecule has 1 N–H and O–H groups in total. The van der Waals surface area contributed by atoms with Crippen LogP contribution in [0.4, 0.5) is 4.39 Å². The fourth-order valence-electron chi connectivity index (χ4n) is 2.15. The average Bonchev–Trinajstić information content (AvgIpc) is 2.55. The van der Waals surface area contributed by atoms with Crippen molar-refractivity contribution >= 4 is 28.4 Å². The number of carbonyl (C=O) groups excluding carboxylic acids is 1. The Kier molecular flexibility index (Phi) is 4.02. The van der Waals surface area contributed by atoms with Gasteiger partial charge >= 0.3 is 0 Å². The van der Waals surface area contributed by atoms with Crippen molar-refractivity contribution < 1.29 is 9.18 Å². The second-order valence-electron chi connectivity index (χ2n) is 4.84.